The molecule has 5 nitrogen and oxygen atoms in total. The quantitative estimate of drug-likeness (QED) is 0.937. The fraction of sp³-hybridized carbons (Fsp3) is 0.316. The summed E-state index contributed by atoms with van der Waals surface area (Å²) in [5.41, 5.74) is 2.00. The van der Waals surface area contributed by atoms with Crippen molar-refractivity contribution < 1.29 is 14.3 Å². The lowest BCUT2D eigenvalue weighted by atomic mass is 9.98. The summed E-state index contributed by atoms with van der Waals surface area (Å²) in [6, 6.07) is 13.2. The molecule has 24 heavy (non-hydrogen) atoms. The smallest absolute Gasteiger partial charge is 0.265 e. The zero-order valence-electron chi connectivity index (χ0n) is 14.4. The lowest BCUT2D eigenvalue weighted by Crippen LogP contribution is -2.50. The molecule has 0 fully saturated rings. The summed E-state index contributed by atoms with van der Waals surface area (Å²) in [7, 11) is 3.11. The second-order valence-corrected chi connectivity index (χ2v) is 6.45. The monoisotopic (exact) mass is 326 g/mol. The van der Waals surface area contributed by atoms with Crippen molar-refractivity contribution in [3.8, 4) is 11.5 Å². The van der Waals surface area contributed by atoms with Gasteiger partial charge in [-0.1, -0.05) is 18.2 Å². The molecule has 0 bridgehead atoms. The Morgan fingerprint density at radius 2 is 1.67 bits per heavy atom. The number of anilines is 2. The summed E-state index contributed by atoms with van der Waals surface area (Å²) in [6.07, 6.45) is 0. The first kappa shape index (κ1) is 16.2. The van der Waals surface area contributed by atoms with E-state index in [0.29, 0.717) is 23.6 Å². The van der Waals surface area contributed by atoms with Gasteiger partial charge in [0.2, 0.25) is 0 Å². The van der Waals surface area contributed by atoms with Crippen LogP contribution in [0, 0.1) is 0 Å². The molecule has 126 valence electrons. The van der Waals surface area contributed by atoms with Gasteiger partial charge in [-0.3, -0.25) is 4.79 Å². The predicted octanol–water partition coefficient (Wildman–Crippen LogP) is 3.55. The SMILES string of the molecule is COc1cccc(OC)c1C(=O)N1CC(C)(C)Nc2ccccc21. The number of carbonyl (C=O) groups excluding carboxylic acids is 1. The highest BCUT2D eigenvalue weighted by Crippen LogP contribution is 2.38. The Bertz CT molecular complexity index is 749. The maximum atomic E-state index is 13.3. The molecule has 0 spiro atoms. The summed E-state index contributed by atoms with van der Waals surface area (Å²) in [5.74, 6) is 0.882. The summed E-state index contributed by atoms with van der Waals surface area (Å²) < 4.78 is 10.8. The van der Waals surface area contributed by atoms with Gasteiger partial charge < -0.3 is 19.7 Å². The van der Waals surface area contributed by atoms with Crippen LogP contribution in [0.4, 0.5) is 11.4 Å². The molecular weight excluding hydrogens is 304 g/mol. The highest BCUT2D eigenvalue weighted by Gasteiger charge is 2.35. The normalized spacial score (nSPS) is 15.2. The van der Waals surface area contributed by atoms with Gasteiger partial charge in [-0.05, 0) is 38.1 Å². The minimum absolute atomic E-state index is 0.133. The third-order valence-corrected chi connectivity index (χ3v) is 4.11. The van der Waals surface area contributed by atoms with Crippen molar-refractivity contribution in [1.82, 2.24) is 0 Å². The van der Waals surface area contributed by atoms with Gasteiger partial charge in [0.05, 0.1) is 25.6 Å². The Kier molecular flexibility index (Phi) is 4.09. The Hall–Kier alpha value is -2.69. The number of para-hydroxylation sites is 2. The number of ether oxygens (including phenoxy) is 2. The van der Waals surface area contributed by atoms with Crippen LogP contribution in [0.1, 0.15) is 24.2 Å². The molecule has 1 N–H and O–H groups in total. The topological polar surface area (TPSA) is 50.8 Å². The van der Waals surface area contributed by atoms with Crippen LogP contribution < -0.4 is 19.7 Å². The lowest BCUT2D eigenvalue weighted by Gasteiger charge is -2.41. The maximum Gasteiger partial charge on any atom is 0.265 e. The third kappa shape index (κ3) is 2.77. The number of carbonyl (C=O) groups is 1. The second-order valence-electron chi connectivity index (χ2n) is 6.45. The molecule has 2 aromatic carbocycles. The van der Waals surface area contributed by atoms with Gasteiger partial charge >= 0.3 is 0 Å². The van der Waals surface area contributed by atoms with Crippen LogP contribution >= 0.6 is 0 Å². The predicted molar refractivity (Wildman–Crippen MR) is 95.4 cm³/mol. The van der Waals surface area contributed by atoms with Crippen LogP contribution in [-0.2, 0) is 0 Å². The molecule has 1 aliphatic rings. The van der Waals surface area contributed by atoms with Gasteiger partial charge in [0.25, 0.3) is 5.91 Å². The van der Waals surface area contributed by atoms with Gasteiger partial charge in [-0.2, -0.15) is 0 Å². The molecule has 3 rings (SSSR count). The van der Waals surface area contributed by atoms with Crippen molar-refractivity contribution in [3.63, 3.8) is 0 Å². The minimum Gasteiger partial charge on any atom is -0.496 e. The fourth-order valence-electron chi connectivity index (χ4n) is 3.08. The van der Waals surface area contributed by atoms with E-state index in [1.165, 1.54) is 0 Å². The molecule has 1 heterocycles. The zero-order chi connectivity index (χ0) is 17.3. The van der Waals surface area contributed by atoms with Crippen LogP contribution in [0.5, 0.6) is 11.5 Å². The molecule has 5 heteroatoms. The van der Waals surface area contributed by atoms with Crippen LogP contribution in [0.3, 0.4) is 0 Å². The number of benzene rings is 2. The number of hydrogen-bond acceptors (Lipinski definition) is 4. The summed E-state index contributed by atoms with van der Waals surface area (Å²) >= 11 is 0. The van der Waals surface area contributed by atoms with Crippen molar-refractivity contribution in [2.24, 2.45) is 0 Å². The Labute approximate surface area is 142 Å². The van der Waals surface area contributed by atoms with E-state index in [1.54, 1.807) is 31.3 Å². The lowest BCUT2D eigenvalue weighted by molar-refractivity contribution is 0.0975. The number of fused-ring (bicyclic) bond motifs is 1. The second kappa shape index (κ2) is 6.07. The minimum atomic E-state index is -0.237. The van der Waals surface area contributed by atoms with Crippen LogP contribution in [-0.4, -0.2) is 32.2 Å². The van der Waals surface area contributed by atoms with Crippen LogP contribution in [0.2, 0.25) is 0 Å². The first-order chi connectivity index (χ1) is 11.5. The summed E-state index contributed by atoms with van der Waals surface area (Å²) in [4.78, 5) is 15.1. The number of hydrogen-bond donors (Lipinski definition) is 1. The number of methoxy groups -OCH3 is 2. The maximum absolute atomic E-state index is 13.3. The van der Waals surface area contributed by atoms with E-state index in [-0.39, 0.29) is 11.4 Å². The molecule has 0 aromatic heterocycles. The van der Waals surface area contributed by atoms with E-state index in [2.05, 4.69) is 19.2 Å². The van der Waals surface area contributed by atoms with E-state index in [0.717, 1.165) is 11.4 Å². The Morgan fingerprint density at radius 3 is 2.29 bits per heavy atom. The van der Waals surface area contributed by atoms with Crippen molar-refractivity contribution >= 4 is 17.3 Å². The van der Waals surface area contributed by atoms with Crippen molar-refractivity contribution in [1.29, 1.82) is 0 Å². The summed E-state index contributed by atoms with van der Waals surface area (Å²) in [5, 5.41) is 3.47. The van der Waals surface area contributed by atoms with Crippen LogP contribution in [0.25, 0.3) is 0 Å². The summed E-state index contributed by atoms with van der Waals surface area (Å²) in [6.45, 7) is 4.69. The largest absolute Gasteiger partial charge is 0.496 e. The number of nitrogens with one attached hydrogen (secondary N) is 1. The van der Waals surface area contributed by atoms with Gasteiger partial charge in [-0.15, -0.1) is 0 Å². The molecule has 0 atom stereocenters. The molecule has 1 aliphatic heterocycles. The van der Waals surface area contributed by atoms with Gasteiger partial charge in [-0.25, -0.2) is 0 Å². The number of nitrogens with zero attached hydrogens (tertiary/aromatic N) is 1. The molecule has 0 saturated heterocycles. The van der Waals surface area contributed by atoms with Crippen molar-refractivity contribution in [2.45, 2.75) is 19.4 Å². The number of amides is 1. The average Bonchev–Trinajstić information content (AvgIpc) is 2.58. The van der Waals surface area contributed by atoms with E-state index < -0.39 is 0 Å². The Balaban J connectivity index is 2.11. The fourth-order valence-corrected chi connectivity index (χ4v) is 3.08. The third-order valence-electron chi connectivity index (χ3n) is 4.11. The highest BCUT2D eigenvalue weighted by molar-refractivity contribution is 6.11. The molecule has 0 radical (unpaired) electrons. The molecule has 0 saturated carbocycles. The molecule has 0 unspecified atom stereocenters. The molecule has 0 aliphatic carbocycles. The van der Waals surface area contributed by atoms with E-state index in [4.69, 9.17) is 9.47 Å². The first-order valence-corrected chi connectivity index (χ1v) is 7.87. The van der Waals surface area contributed by atoms with Crippen molar-refractivity contribution in [2.75, 3.05) is 31.0 Å². The standard InChI is InChI=1S/C19H22N2O3/c1-19(2)12-21(14-9-6-5-8-13(14)20-19)18(22)17-15(23-3)10-7-11-16(17)24-4/h5-11,20H,12H2,1-4H3. The molecular formula is C19H22N2O3. The van der Waals surface area contributed by atoms with Gasteiger partial charge in [0.15, 0.2) is 0 Å². The average molecular weight is 326 g/mol. The van der Waals surface area contributed by atoms with Gasteiger partial charge in [0.1, 0.15) is 17.1 Å². The van der Waals surface area contributed by atoms with Gasteiger partial charge in [0, 0.05) is 12.1 Å². The molecule has 2 aromatic rings. The van der Waals surface area contributed by atoms with E-state index >= 15 is 0 Å². The van der Waals surface area contributed by atoms with Crippen LogP contribution in [0.15, 0.2) is 42.5 Å². The van der Waals surface area contributed by atoms with E-state index in [1.807, 2.05) is 30.3 Å². The number of rotatable bonds is 3. The first-order valence-electron chi connectivity index (χ1n) is 7.87. The van der Waals surface area contributed by atoms with E-state index in [9.17, 15) is 4.79 Å². The highest BCUT2D eigenvalue weighted by atomic mass is 16.5. The zero-order valence-corrected chi connectivity index (χ0v) is 14.4. The van der Waals surface area contributed by atoms with Crippen molar-refractivity contribution in [3.05, 3.63) is 48.0 Å². The molecule has 1 amide bonds. The Morgan fingerprint density at radius 1 is 1.04 bits per heavy atom.